The van der Waals surface area contributed by atoms with Gasteiger partial charge in [0.05, 0.1) is 13.2 Å². The molecule has 0 saturated heterocycles. The third kappa shape index (κ3) is 5.39. The van der Waals surface area contributed by atoms with Gasteiger partial charge in [0.1, 0.15) is 0 Å². The Morgan fingerprint density at radius 2 is 0.846 bits per heavy atom. The summed E-state index contributed by atoms with van der Waals surface area (Å²) in [5.74, 6) is 0. The number of rotatable bonds is 9. The topological polar surface area (TPSA) is 86.7 Å². The van der Waals surface area contributed by atoms with Gasteiger partial charge in [-0.05, 0) is 26.7 Å². The van der Waals surface area contributed by atoms with Gasteiger partial charge in [-0.25, -0.2) is 8.78 Å². The van der Waals surface area contributed by atoms with Crippen LogP contribution in [0.5, 0.6) is 0 Å². The molecule has 0 rings (SSSR count). The average molecular weight is 446 g/mol. The van der Waals surface area contributed by atoms with Crippen molar-refractivity contribution in [2.24, 2.45) is 0 Å². The normalized spacial score (nSPS) is 19.0. The molecule has 6 nitrogen and oxygen atoms in total. The Morgan fingerprint density at radius 1 is 0.615 bits per heavy atom. The summed E-state index contributed by atoms with van der Waals surface area (Å²) in [7, 11) is -11.5. The largest absolute Gasteiger partial charge is 0.439 e. The fraction of sp³-hybridized carbons (Fsp3) is 1.00. The highest BCUT2D eigenvalue weighted by molar-refractivity contribution is 7.88. The van der Waals surface area contributed by atoms with Crippen LogP contribution >= 0.6 is 0 Å². The van der Waals surface area contributed by atoms with E-state index in [0.29, 0.717) is 0 Å². The summed E-state index contributed by atoms with van der Waals surface area (Å²) in [4.78, 5) is 0. The van der Waals surface area contributed by atoms with E-state index < -0.39 is 68.6 Å². The second-order valence-corrected chi connectivity index (χ2v) is 8.91. The second-order valence-electron chi connectivity index (χ2n) is 5.09. The molecular formula is C10H14F8O6S2. The van der Waals surface area contributed by atoms with E-state index in [4.69, 9.17) is 0 Å². The maximum Gasteiger partial charge on any atom is 0.439 e. The second kappa shape index (κ2) is 7.71. The molecule has 16 heteroatoms. The van der Waals surface area contributed by atoms with Gasteiger partial charge in [-0.2, -0.15) is 43.2 Å². The SMILES string of the molecule is CC(F)(C(F)(F)F)S(=O)(=O)OCCCCOS(=O)(=O)C(C)(F)C(F)(F)F. The molecule has 0 amide bonds. The molecule has 0 saturated carbocycles. The molecule has 0 bridgehead atoms. The minimum absolute atomic E-state index is 0.294. The van der Waals surface area contributed by atoms with Gasteiger partial charge in [-0.15, -0.1) is 0 Å². The summed E-state index contributed by atoms with van der Waals surface area (Å²) in [6, 6.07) is 0. The summed E-state index contributed by atoms with van der Waals surface area (Å²) in [6.07, 6.45) is -12.7. The molecule has 0 radical (unpaired) electrons. The first-order chi connectivity index (χ1) is 11.2. The van der Waals surface area contributed by atoms with Crippen LogP contribution in [0.4, 0.5) is 35.1 Å². The van der Waals surface area contributed by atoms with Crippen molar-refractivity contribution in [3.63, 3.8) is 0 Å². The Hall–Kier alpha value is -0.740. The lowest BCUT2D eigenvalue weighted by Crippen LogP contribution is -2.46. The monoisotopic (exact) mass is 446 g/mol. The summed E-state index contributed by atoms with van der Waals surface area (Å²) >= 11 is 0. The average Bonchev–Trinajstić information content (AvgIpc) is 2.39. The molecule has 0 fully saturated rings. The van der Waals surface area contributed by atoms with E-state index in [0.717, 1.165) is 0 Å². The van der Waals surface area contributed by atoms with Crippen LogP contribution in [0.15, 0.2) is 0 Å². The third-order valence-electron chi connectivity index (χ3n) is 2.97. The smallest absolute Gasteiger partial charge is 0.267 e. The zero-order valence-corrected chi connectivity index (χ0v) is 14.8. The molecule has 0 aliphatic carbocycles. The third-order valence-corrected chi connectivity index (χ3v) is 6.26. The van der Waals surface area contributed by atoms with Crippen molar-refractivity contribution in [2.45, 2.75) is 49.0 Å². The van der Waals surface area contributed by atoms with Gasteiger partial charge >= 0.3 is 42.6 Å². The molecule has 0 aliphatic heterocycles. The molecule has 0 aromatic rings. The first-order valence-electron chi connectivity index (χ1n) is 6.50. The Morgan fingerprint density at radius 3 is 1.04 bits per heavy atom. The van der Waals surface area contributed by atoms with Gasteiger partial charge in [-0.3, -0.25) is 8.37 Å². The number of unbranched alkanes of at least 4 members (excludes halogenated alkanes) is 1. The first kappa shape index (κ1) is 25.3. The molecule has 2 atom stereocenters. The predicted molar refractivity (Wildman–Crippen MR) is 70.1 cm³/mol. The Bertz CT molecular complexity index is 617. The Kier molecular flexibility index (Phi) is 7.49. The lowest BCUT2D eigenvalue weighted by atomic mass is 10.3. The summed E-state index contributed by atoms with van der Waals surface area (Å²) < 4.78 is 152. The first-order valence-corrected chi connectivity index (χ1v) is 9.31. The number of hydrogen-bond acceptors (Lipinski definition) is 6. The van der Waals surface area contributed by atoms with Crippen molar-refractivity contribution in [3.05, 3.63) is 0 Å². The number of halogens is 8. The molecule has 0 N–H and O–H groups in total. The Labute approximate surface area is 143 Å². The van der Waals surface area contributed by atoms with Crippen molar-refractivity contribution >= 4 is 20.2 Å². The van der Waals surface area contributed by atoms with Crippen molar-refractivity contribution in [2.75, 3.05) is 13.2 Å². The highest BCUT2D eigenvalue weighted by atomic mass is 32.2. The molecule has 2 unspecified atom stereocenters. The van der Waals surface area contributed by atoms with E-state index in [9.17, 15) is 52.0 Å². The van der Waals surface area contributed by atoms with Gasteiger partial charge in [0, 0.05) is 0 Å². The van der Waals surface area contributed by atoms with Crippen LogP contribution in [-0.4, -0.2) is 52.4 Å². The minimum Gasteiger partial charge on any atom is -0.267 e. The minimum atomic E-state index is -5.79. The van der Waals surface area contributed by atoms with Gasteiger partial charge in [0.15, 0.2) is 0 Å². The molecule has 0 aromatic heterocycles. The van der Waals surface area contributed by atoms with Crippen LogP contribution in [0, 0.1) is 0 Å². The van der Waals surface area contributed by atoms with E-state index in [1.807, 2.05) is 0 Å². The molecule has 26 heavy (non-hydrogen) atoms. The van der Waals surface area contributed by atoms with Gasteiger partial charge in [0.25, 0.3) is 0 Å². The zero-order chi connectivity index (χ0) is 21.2. The zero-order valence-electron chi connectivity index (χ0n) is 13.1. The maximum atomic E-state index is 13.3. The number of alkyl halides is 8. The molecule has 0 aliphatic rings. The van der Waals surface area contributed by atoms with Crippen molar-refractivity contribution < 1.29 is 60.3 Å². The van der Waals surface area contributed by atoms with Crippen LogP contribution in [0.1, 0.15) is 26.7 Å². The van der Waals surface area contributed by atoms with E-state index in [1.165, 1.54) is 0 Å². The molecular weight excluding hydrogens is 432 g/mol. The fourth-order valence-corrected chi connectivity index (χ4v) is 2.73. The van der Waals surface area contributed by atoms with Crippen LogP contribution in [0.2, 0.25) is 0 Å². The van der Waals surface area contributed by atoms with Crippen LogP contribution in [0.25, 0.3) is 0 Å². The highest BCUT2D eigenvalue weighted by Gasteiger charge is 2.63. The van der Waals surface area contributed by atoms with Gasteiger partial charge in [0.2, 0.25) is 0 Å². The fourth-order valence-electron chi connectivity index (χ4n) is 1.05. The molecule has 158 valence electrons. The highest BCUT2D eigenvalue weighted by Crippen LogP contribution is 2.40. The van der Waals surface area contributed by atoms with E-state index in [-0.39, 0.29) is 13.8 Å². The Balaban J connectivity index is 4.56. The van der Waals surface area contributed by atoms with Crippen LogP contribution < -0.4 is 0 Å². The molecule has 0 spiro atoms. The summed E-state index contributed by atoms with van der Waals surface area (Å²) in [5.41, 5.74) is 0. The van der Waals surface area contributed by atoms with Gasteiger partial charge < -0.3 is 0 Å². The van der Waals surface area contributed by atoms with Crippen LogP contribution in [-0.2, 0) is 28.6 Å². The molecule has 0 aromatic carbocycles. The van der Waals surface area contributed by atoms with E-state index >= 15 is 0 Å². The van der Waals surface area contributed by atoms with Crippen molar-refractivity contribution in [1.29, 1.82) is 0 Å². The quantitative estimate of drug-likeness (QED) is 0.308. The number of hydrogen-bond donors (Lipinski definition) is 0. The van der Waals surface area contributed by atoms with Crippen molar-refractivity contribution in [3.8, 4) is 0 Å². The van der Waals surface area contributed by atoms with E-state index in [2.05, 4.69) is 8.37 Å². The molecule has 0 heterocycles. The summed E-state index contributed by atoms with van der Waals surface area (Å²) in [6.45, 7) is -2.69. The standard InChI is InChI=1S/C10H14F8O6S2/c1-7(11,9(13,14)15)25(19,20)23-5-3-4-6-24-26(21,22)8(2,12)10(16,17)18/h3-6H2,1-2H3. The lowest BCUT2D eigenvalue weighted by Gasteiger charge is -2.23. The van der Waals surface area contributed by atoms with Gasteiger partial charge in [-0.1, -0.05) is 0 Å². The summed E-state index contributed by atoms with van der Waals surface area (Å²) in [5, 5.41) is -9.41. The van der Waals surface area contributed by atoms with E-state index in [1.54, 1.807) is 0 Å². The lowest BCUT2D eigenvalue weighted by molar-refractivity contribution is -0.194. The van der Waals surface area contributed by atoms with Crippen molar-refractivity contribution in [1.82, 2.24) is 0 Å². The predicted octanol–water partition coefficient (Wildman–Crippen LogP) is 2.96. The maximum absolute atomic E-state index is 13.3. The van der Waals surface area contributed by atoms with Crippen LogP contribution in [0.3, 0.4) is 0 Å².